The van der Waals surface area contributed by atoms with Gasteiger partial charge in [-0.3, -0.25) is 10.1 Å². The van der Waals surface area contributed by atoms with E-state index in [2.05, 4.69) is 15.0 Å². The standard InChI is InChI=1S/C26H21N4O5PS/c1-15-12-13-27-26(29-15)35-19-10-6-16(7-11-19)21-22-24(20(36(2,3)34)14-28-25(22)31)37-23(21)17-4-8-18(9-5-17)30(32)33/h4-14H,1-3H3,(H,28,31). The van der Waals surface area contributed by atoms with Crippen LogP contribution in [-0.2, 0) is 4.57 Å². The van der Waals surface area contributed by atoms with Crippen molar-refractivity contribution in [2.75, 3.05) is 13.3 Å². The van der Waals surface area contributed by atoms with E-state index in [1.54, 1.807) is 49.9 Å². The fraction of sp³-hybridized carbons (Fsp3) is 0.115. The number of nitro groups is 1. The van der Waals surface area contributed by atoms with E-state index in [0.717, 1.165) is 21.7 Å². The van der Waals surface area contributed by atoms with Crippen molar-refractivity contribution in [3.05, 3.63) is 82.8 Å². The second kappa shape index (κ2) is 9.38. The van der Waals surface area contributed by atoms with Crippen molar-refractivity contribution in [3.63, 3.8) is 0 Å². The second-order valence-corrected chi connectivity index (χ2v) is 12.9. The molecule has 37 heavy (non-hydrogen) atoms. The van der Waals surface area contributed by atoms with Crippen LogP contribution < -0.4 is 10.0 Å². The van der Waals surface area contributed by atoms with E-state index in [9.17, 15) is 19.8 Å². The first-order chi connectivity index (χ1) is 17.6. The molecule has 0 unspecified atom stereocenters. The van der Waals surface area contributed by atoms with Gasteiger partial charge in [0.25, 0.3) is 5.69 Å². The summed E-state index contributed by atoms with van der Waals surface area (Å²) >= 11 is 1.37. The molecule has 3 heterocycles. The number of pyridine rings is 1. The topological polar surface area (TPSA) is 128 Å². The lowest BCUT2D eigenvalue weighted by Crippen LogP contribution is -2.04. The first-order valence-corrected chi connectivity index (χ1v) is 14.6. The number of benzene rings is 2. The predicted molar refractivity (Wildman–Crippen MR) is 145 cm³/mol. The number of fused-ring (bicyclic) bond motifs is 1. The monoisotopic (exact) mass is 532 g/mol. The highest BCUT2D eigenvalue weighted by atomic mass is 32.1. The van der Waals surface area contributed by atoms with Crippen molar-refractivity contribution in [3.8, 4) is 39.2 Å². The summed E-state index contributed by atoms with van der Waals surface area (Å²) in [4.78, 5) is 24.0. The maximum atomic E-state index is 13.1. The minimum atomic E-state index is -2.73. The summed E-state index contributed by atoms with van der Waals surface area (Å²) in [6.07, 6.45) is 3.07. The molecule has 2 aromatic carbocycles. The van der Waals surface area contributed by atoms with E-state index in [1.807, 2.05) is 19.1 Å². The number of rotatable bonds is 6. The minimum Gasteiger partial charge on any atom is -0.493 e. The first kappa shape index (κ1) is 24.5. The van der Waals surface area contributed by atoms with Crippen LogP contribution >= 0.6 is 18.5 Å². The number of nitrogens with zero attached hydrogens (tertiary/aromatic N) is 4. The van der Waals surface area contributed by atoms with E-state index >= 15 is 0 Å². The number of aromatic hydroxyl groups is 1. The zero-order valence-corrected chi connectivity index (χ0v) is 21.8. The van der Waals surface area contributed by atoms with Gasteiger partial charge in [-0.2, -0.15) is 0 Å². The fourth-order valence-corrected chi connectivity index (χ4v) is 6.90. The largest absolute Gasteiger partial charge is 0.493 e. The lowest BCUT2D eigenvalue weighted by molar-refractivity contribution is -0.384. The molecule has 3 aromatic heterocycles. The van der Waals surface area contributed by atoms with Gasteiger partial charge in [-0.05, 0) is 61.7 Å². The Hall–Kier alpha value is -4.14. The number of nitro benzene ring substituents is 1. The van der Waals surface area contributed by atoms with Crippen molar-refractivity contribution in [2.45, 2.75) is 6.92 Å². The van der Waals surface area contributed by atoms with Crippen LogP contribution in [0.5, 0.6) is 17.6 Å². The molecule has 9 nitrogen and oxygen atoms in total. The summed E-state index contributed by atoms with van der Waals surface area (Å²) < 4.78 is 19.5. The zero-order chi connectivity index (χ0) is 26.3. The van der Waals surface area contributed by atoms with Crippen molar-refractivity contribution in [1.82, 2.24) is 15.0 Å². The van der Waals surface area contributed by atoms with Crippen molar-refractivity contribution in [2.24, 2.45) is 0 Å². The Morgan fingerprint density at radius 3 is 2.30 bits per heavy atom. The van der Waals surface area contributed by atoms with Gasteiger partial charge in [-0.25, -0.2) is 15.0 Å². The van der Waals surface area contributed by atoms with Gasteiger partial charge in [0.2, 0.25) is 5.88 Å². The average molecular weight is 533 g/mol. The Balaban J connectivity index is 1.68. The first-order valence-electron chi connectivity index (χ1n) is 11.1. The highest BCUT2D eigenvalue weighted by Gasteiger charge is 2.26. The van der Waals surface area contributed by atoms with Crippen molar-refractivity contribution < 1.29 is 19.3 Å². The molecule has 11 heteroatoms. The molecular formula is C26H21N4O5PS. The maximum absolute atomic E-state index is 13.1. The normalized spacial score (nSPS) is 11.5. The molecule has 5 aromatic rings. The van der Waals surface area contributed by atoms with E-state index < -0.39 is 12.1 Å². The van der Waals surface area contributed by atoms with E-state index in [4.69, 9.17) is 4.74 Å². The minimum absolute atomic E-state index is 0.0249. The summed E-state index contributed by atoms with van der Waals surface area (Å²) in [5, 5.41) is 23.1. The van der Waals surface area contributed by atoms with Crippen LogP contribution in [0.4, 0.5) is 5.69 Å². The lowest BCUT2D eigenvalue weighted by atomic mass is 9.99. The summed E-state index contributed by atoms with van der Waals surface area (Å²) in [5.41, 5.74) is 2.92. The van der Waals surface area contributed by atoms with Gasteiger partial charge in [0, 0.05) is 46.0 Å². The summed E-state index contributed by atoms with van der Waals surface area (Å²) in [6, 6.07) is 15.4. The molecule has 0 radical (unpaired) electrons. The smallest absolute Gasteiger partial charge is 0.322 e. The molecule has 0 spiro atoms. The van der Waals surface area contributed by atoms with Gasteiger partial charge in [0.15, 0.2) is 0 Å². The number of non-ortho nitro benzene ring substituents is 1. The SMILES string of the molecule is Cc1ccnc(Oc2ccc(-c3c(-c4ccc([N+](=O)[O-])cc4)sc4c(P(C)(C)=O)cnc(O)c34)cc2)n1. The summed E-state index contributed by atoms with van der Waals surface area (Å²) in [6.45, 7) is 5.16. The zero-order valence-electron chi connectivity index (χ0n) is 20.1. The second-order valence-electron chi connectivity index (χ2n) is 8.74. The third-order valence-electron chi connectivity index (χ3n) is 5.72. The molecule has 186 valence electrons. The number of thiophene rings is 1. The van der Waals surface area contributed by atoms with Crippen LogP contribution in [0.2, 0.25) is 0 Å². The summed E-state index contributed by atoms with van der Waals surface area (Å²) in [5.74, 6) is 0.348. The molecule has 0 aliphatic rings. The van der Waals surface area contributed by atoms with Gasteiger partial charge in [-0.1, -0.05) is 12.1 Å². The molecule has 0 aliphatic heterocycles. The molecule has 0 bridgehead atoms. The van der Waals surface area contributed by atoms with Crippen LogP contribution in [0.3, 0.4) is 0 Å². The lowest BCUT2D eigenvalue weighted by Gasteiger charge is -2.10. The van der Waals surface area contributed by atoms with Gasteiger partial charge in [-0.15, -0.1) is 11.3 Å². The van der Waals surface area contributed by atoms with Crippen molar-refractivity contribution in [1.29, 1.82) is 0 Å². The Labute approximate surface area is 216 Å². The average Bonchev–Trinajstić information content (AvgIpc) is 3.25. The highest BCUT2D eigenvalue weighted by molar-refractivity contribution is 7.71. The van der Waals surface area contributed by atoms with Crippen LogP contribution in [0.1, 0.15) is 5.69 Å². The number of aryl methyl sites for hydroxylation is 1. The van der Waals surface area contributed by atoms with Gasteiger partial charge in [0.05, 0.1) is 15.0 Å². The van der Waals surface area contributed by atoms with Gasteiger partial charge in [0.1, 0.15) is 12.9 Å². The third-order valence-corrected chi connectivity index (χ3v) is 8.64. The van der Waals surface area contributed by atoms with E-state index in [0.29, 0.717) is 26.7 Å². The fourth-order valence-electron chi connectivity index (χ4n) is 3.94. The number of hydrogen-bond acceptors (Lipinski definition) is 9. The quantitative estimate of drug-likeness (QED) is 0.151. The molecule has 0 saturated carbocycles. The maximum Gasteiger partial charge on any atom is 0.322 e. The molecule has 0 amide bonds. The molecule has 0 atom stereocenters. The van der Waals surface area contributed by atoms with E-state index in [1.165, 1.54) is 29.7 Å². The van der Waals surface area contributed by atoms with Gasteiger partial charge >= 0.3 is 6.01 Å². The molecule has 0 fully saturated rings. The Bertz CT molecular complexity index is 1700. The van der Waals surface area contributed by atoms with Gasteiger partial charge < -0.3 is 14.4 Å². The predicted octanol–water partition coefficient (Wildman–Crippen LogP) is 6.38. The molecule has 1 N–H and O–H groups in total. The number of hydrogen-bond donors (Lipinski definition) is 1. The van der Waals surface area contributed by atoms with Crippen molar-refractivity contribution >= 4 is 39.6 Å². The molecular weight excluding hydrogens is 511 g/mol. The molecule has 0 saturated heterocycles. The van der Waals surface area contributed by atoms with E-state index in [-0.39, 0.29) is 17.6 Å². The molecule has 0 aliphatic carbocycles. The van der Waals surface area contributed by atoms with Crippen LogP contribution in [-0.4, -0.2) is 38.3 Å². The summed E-state index contributed by atoms with van der Waals surface area (Å²) in [7, 11) is -2.73. The number of ether oxygens (including phenoxy) is 1. The van der Waals surface area contributed by atoms with Crippen LogP contribution in [0, 0.1) is 17.0 Å². The Kier molecular flexibility index (Phi) is 6.23. The Morgan fingerprint density at radius 2 is 1.68 bits per heavy atom. The third kappa shape index (κ3) is 4.81. The highest BCUT2D eigenvalue weighted by Crippen LogP contribution is 2.50. The molecule has 5 rings (SSSR count). The number of aromatic nitrogens is 3. The van der Waals surface area contributed by atoms with Crippen LogP contribution in [0.25, 0.3) is 31.7 Å². The van der Waals surface area contributed by atoms with Crippen LogP contribution in [0.15, 0.2) is 67.0 Å². The Morgan fingerprint density at radius 1 is 1.00 bits per heavy atom.